The molecule has 1 amide bonds. The number of amides is 1. The number of benzene rings is 1. The maximum atomic E-state index is 12.3. The standard InChI is InChI=1S/C20H20N4O/c1-14-6-5-7-15(2)19(14)24-18-10-16(11-21-12-18)20(25)23-13-17-8-3-4-9-22-17/h3-12,24H,13H2,1-2H3,(H,23,25). The van der Waals surface area contributed by atoms with E-state index in [9.17, 15) is 4.79 Å². The average molecular weight is 332 g/mol. The molecule has 0 radical (unpaired) electrons. The molecule has 0 saturated heterocycles. The van der Waals surface area contributed by atoms with Crippen molar-refractivity contribution in [1.29, 1.82) is 0 Å². The molecular formula is C20H20N4O. The van der Waals surface area contributed by atoms with Crippen molar-refractivity contribution in [3.05, 3.63) is 83.4 Å². The third-order valence-corrected chi connectivity index (χ3v) is 3.91. The maximum absolute atomic E-state index is 12.3. The molecule has 126 valence electrons. The molecule has 0 spiro atoms. The van der Waals surface area contributed by atoms with Crippen LogP contribution in [0.5, 0.6) is 0 Å². The van der Waals surface area contributed by atoms with Gasteiger partial charge >= 0.3 is 0 Å². The quantitative estimate of drug-likeness (QED) is 0.746. The van der Waals surface area contributed by atoms with E-state index in [1.165, 1.54) is 0 Å². The van der Waals surface area contributed by atoms with Gasteiger partial charge in [0.25, 0.3) is 5.91 Å². The summed E-state index contributed by atoms with van der Waals surface area (Å²) in [7, 11) is 0. The minimum absolute atomic E-state index is 0.177. The van der Waals surface area contributed by atoms with Gasteiger partial charge in [-0.1, -0.05) is 24.3 Å². The highest BCUT2D eigenvalue weighted by Crippen LogP contribution is 2.24. The van der Waals surface area contributed by atoms with Gasteiger partial charge in [0.15, 0.2) is 0 Å². The fourth-order valence-corrected chi connectivity index (χ4v) is 2.56. The Morgan fingerprint density at radius 1 is 1.04 bits per heavy atom. The molecule has 3 rings (SSSR count). The average Bonchev–Trinajstić information content (AvgIpc) is 2.64. The number of nitrogens with one attached hydrogen (secondary N) is 2. The second kappa shape index (κ2) is 7.57. The summed E-state index contributed by atoms with van der Waals surface area (Å²) < 4.78 is 0. The third-order valence-electron chi connectivity index (χ3n) is 3.91. The Balaban J connectivity index is 1.72. The van der Waals surface area contributed by atoms with Gasteiger partial charge in [0.1, 0.15) is 0 Å². The van der Waals surface area contributed by atoms with Crippen molar-refractivity contribution >= 4 is 17.3 Å². The second-order valence-electron chi connectivity index (χ2n) is 5.86. The highest BCUT2D eigenvalue weighted by molar-refractivity contribution is 5.94. The lowest BCUT2D eigenvalue weighted by Gasteiger charge is -2.13. The van der Waals surface area contributed by atoms with Crippen molar-refractivity contribution in [3.8, 4) is 0 Å². The molecule has 5 nitrogen and oxygen atoms in total. The van der Waals surface area contributed by atoms with Crippen molar-refractivity contribution < 1.29 is 4.79 Å². The summed E-state index contributed by atoms with van der Waals surface area (Å²) in [6, 6.07) is 13.5. The van der Waals surface area contributed by atoms with Gasteiger partial charge in [-0.05, 0) is 43.2 Å². The molecule has 3 aromatic rings. The summed E-state index contributed by atoms with van der Waals surface area (Å²) in [6.45, 7) is 4.48. The molecule has 0 saturated carbocycles. The minimum atomic E-state index is -0.177. The number of carbonyl (C=O) groups is 1. The van der Waals surface area contributed by atoms with E-state index in [2.05, 4.69) is 20.6 Å². The number of hydrogen-bond donors (Lipinski definition) is 2. The lowest BCUT2D eigenvalue weighted by atomic mass is 10.1. The Morgan fingerprint density at radius 2 is 1.84 bits per heavy atom. The van der Waals surface area contributed by atoms with E-state index in [4.69, 9.17) is 0 Å². The Morgan fingerprint density at radius 3 is 2.56 bits per heavy atom. The van der Waals surface area contributed by atoms with Crippen LogP contribution < -0.4 is 10.6 Å². The van der Waals surface area contributed by atoms with Crippen LogP contribution in [0.1, 0.15) is 27.2 Å². The minimum Gasteiger partial charge on any atom is -0.354 e. The maximum Gasteiger partial charge on any atom is 0.253 e. The zero-order valence-corrected chi connectivity index (χ0v) is 14.3. The van der Waals surface area contributed by atoms with Crippen LogP contribution >= 0.6 is 0 Å². The molecule has 0 atom stereocenters. The molecule has 0 aliphatic heterocycles. The van der Waals surface area contributed by atoms with Crippen molar-refractivity contribution in [2.75, 3.05) is 5.32 Å². The first-order chi connectivity index (χ1) is 12.1. The van der Waals surface area contributed by atoms with Crippen LogP contribution in [0, 0.1) is 13.8 Å². The van der Waals surface area contributed by atoms with Gasteiger partial charge in [-0.2, -0.15) is 0 Å². The molecule has 0 aliphatic carbocycles. The lowest BCUT2D eigenvalue weighted by Crippen LogP contribution is -2.23. The number of aryl methyl sites for hydroxylation is 2. The van der Waals surface area contributed by atoms with Crippen LogP contribution in [-0.2, 0) is 6.54 Å². The molecule has 0 fully saturated rings. The lowest BCUT2D eigenvalue weighted by molar-refractivity contribution is 0.0950. The van der Waals surface area contributed by atoms with Crippen LogP contribution in [-0.4, -0.2) is 15.9 Å². The largest absolute Gasteiger partial charge is 0.354 e. The smallest absolute Gasteiger partial charge is 0.253 e. The van der Waals surface area contributed by atoms with Gasteiger partial charge in [-0.25, -0.2) is 0 Å². The van der Waals surface area contributed by atoms with E-state index in [1.54, 1.807) is 24.7 Å². The van der Waals surface area contributed by atoms with Crippen LogP contribution in [0.3, 0.4) is 0 Å². The van der Waals surface area contributed by atoms with E-state index in [-0.39, 0.29) is 5.91 Å². The molecule has 2 N–H and O–H groups in total. The first-order valence-corrected chi connectivity index (χ1v) is 8.10. The predicted molar refractivity (Wildman–Crippen MR) is 98.8 cm³/mol. The zero-order valence-electron chi connectivity index (χ0n) is 14.3. The first-order valence-electron chi connectivity index (χ1n) is 8.10. The highest BCUT2D eigenvalue weighted by atomic mass is 16.1. The van der Waals surface area contributed by atoms with Crippen LogP contribution in [0.15, 0.2) is 61.1 Å². The molecule has 2 aromatic heterocycles. The molecule has 1 aromatic carbocycles. The fraction of sp³-hybridized carbons (Fsp3) is 0.150. The zero-order chi connectivity index (χ0) is 17.6. The fourth-order valence-electron chi connectivity index (χ4n) is 2.56. The number of carbonyl (C=O) groups excluding carboxylic acids is 1. The number of para-hydroxylation sites is 1. The van der Waals surface area contributed by atoms with Gasteiger partial charge in [0.05, 0.1) is 29.7 Å². The van der Waals surface area contributed by atoms with E-state index < -0.39 is 0 Å². The van der Waals surface area contributed by atoms with Crippen LogP contribution in [0.4, 0.5) is 11.4 Å². The van der Waals surface area contributed by atoms with Crippen molar-refractivity contribution in [1.82, 2.24) is 15.3 Å². The summed E-state index contributed by atoms with van der Waals surface area (Å²) >= 11 is 0. The van der Waals surface area contributed by atoms with E-state index >= 15 is 0 Å². The second-order valence-corrected chi connectivity index (χ2v) is 5.86. The van der Waals surface area contributed by atoms with Crippen LogP contribution in [0.2, 0.25) is 0 Å². The van der Waals surface area contributed by atoms with Crippen molar-refractivity contribution in [2.24, 2.45) is 0 Å². The van der Waals surface area contributed by atoms with Crippen molar-refractivity contribution in [2.45, 2.75) is 20.4 Å². The Hall–Kier alpha value is -3.21. The number of aromatic nitrogens is 2. The highest BCUT2D eigenvalue weighted by Gasteiger charge is 2.09. The van der Waals surface area contributed by atoms with Gasteiger partial charge in [0.2, 0.25) is 0 Å². The molecule has 2 heterocycles. The predicted octanol–water partition coefficient (Wildman–Crippen LogP) is 3.77. The van der Waals surface area contributed by atoms with Gasteiger partial charge in [0, 0.05) is 18.1 Å². The molecule has 5 heteroatoms. The first kappa shape index (κ1) is 16.6. The number of anilines is 2. The van der Waals surface area contributed by atoms with E-state index in [1.807, 2.05) is 50.2 Å². The van der Waals surface area contributed by atoms with E-state index in [0.29, 0.717) is 12.1 Å². The molecule has 25 heavy (non-hydrogen) atoms. The molecule has 0 aliphatic rings. The van der Waals surface area contributed by atoms with Gasteiger partial charge in [-0.3, -0.25) is 14.8 Å². The Bertz CT molecular complexity index is 858. The number of nitrogens with zero attached hydrogens (tertiary/aromatic N) is 2. The summed E-state index contributed by atoms with van der Waals surface area (Å²) in [4.78, 5) is 20.7. The number of pyridine rings is 2. The van der Waals surface area contributed by atoms with E-state index in [0.717, 1.165) is 28.2 Å². The summed E-state index contributed by atoms with van der Waals surface area (Å²) in [5, 5.41) is 6.21. The Kier molecular flexibility index (Phi) is 5.04. The van der Waals surface area contributed by atoms with Crippen molar-refractivity contribution in [3.63, 3.8) is 0 Å². The number of rotatable bonds is 5. The molecule has 0 bridgehead atoms. The summed E-state index contributed by atoms with van der Waals surface area (Å²) in [5.74, 6) is -0.177. The normalized spacial score (nSPS) is 10.3. The number of hydrogen-bond acceptors (Lipinski definition) is 4. The summed E-state index contributed by atoms with van der Waals surface area (Å²) in [5.41, 5.74) is 5.43. The third kappa shape index (κ3) is 4.20. The monoisotopic (exact) mass is 332 g/mol. The molecular weight excluding hydrogens is 312 g/mol. The topological polar surface area (TPSA) is 66.9 Å². The van der Waals surface area contributed by atoms with Crippen LogP contribution in [0.25, 0.3) is 0 Å². The SMILES string of the molecule is Cc1cccc(C)c1Nc1cncc(C(=O)NCc2ccccn2)c1. The Labute approximate surface area is 147 Å². The summed E-state index contributed by atoms with van der Waals surface area (Å²) in [6.07, 6.45) is 4.98. The van der Waals surface area contributed by atoms with Gasteiger partial charge < -0.3 is 10.6 Å². The molecule has 0 unspecified atom stereocenters. The van der Waals surface area contributed by atoms with Gasteiger partial charge in [-0.15, -0.1) is 0 Å².